The summed E-state index contributed by atoms with van der Waals surface area (Å²) >= 11 is 0. The summed E-state index contributed by atoms with van der Waals surface area (Å²) in [7, 11) is -1.53. The molecule has 0 aromatic heterocycles. The highest BCUT2D eigenvalue weighted by Crippen LogP contribution is 2.49. The van der Waals surface area contributed by atoms with E-state index in [1.807, 2.05) is 18.2 Å². The maximum absolute atomic E-state index is 11.6. The average molecular weight is 199 g/mol. The van der Waals surface area contributed by atoms with Crippen LogP contribution in [0.4, 0.5) is 0 Å². The van der Waals surface area contributed by atoms with E-state index in [0.717, 1.165) is 5.56 Å². The number of para-hydroxylation sites is 1. The Morgan fingerprint density at radius 2 is 2.23 bits per heavy atom. The van der Waals surface area contributed by atoms with Gasteiger partial charge < -0.3 is 4.52 Å². The van der Waals surface area contributed by atoms with Gasteiger partial charge in [-0.3, -0.25) is 4.52 Å². The molecular formula is C8H10NO3P. The van der Waals surface area contributed by atoms with Gasteiger partial charge in [-0.25, -0.2) is 9.65 Å². The molecule has 70 valence electrons. The molecule has 1 heterocycles. The highest BCUT2D eigenvalue weighted by Gasteiger charge is 2.29. The fourth-order valence-corrected chi connectivity index (χ4v) is 2.15. The largest absolute Gasteiger partial charge is 0.458 e. The third-order valence-electron chi connectivity index (χ3n) is 1.86. The van der Waals surface area contributed by atoms with Crippen LogP contribution < -0.4 is 9.61 Å². The molecule has 0 bridgehead atoms. The smallest absolute Gasteiger partial charge is 0.413 e. The van der Waals surface area contributed by atoms with Crippen molar-refractivity contribution in [1.29, 1.82) is 0 Å². The van der Waals surface area contributed by atoms with Gasteiger partial charge in [-0.1, -0.05) is 18.2 Å². The van der Waals surface area contributed by atoms with E-state index < -0.39 is 7.75 Å². The molecule has 4 nitrogen and oxygen atoms in total. The maximum Gasteiger partial charge on any atom is 0.458 e. The van der Waals surface area contributed by atoms with Crippen molar-refractivity contribution in [2.24, 2.45) is 0 Å². The molecule has 0 fully saturated rings. The Hall–Kier alpha value is -0.830. The van der Waals surface area contributed by atoms with Crippen LogP contribution in [-0.4, -0.2) is 7.05 Å². The minimum absolute atomic E-state index is 0.328. The van der Waals surface area contributed by atoms with E-state index in [9.17, 15) is 4.57 Å². The Kier molecular flexibility index (Phi) is 2.12. The van der Waals surface area contributed by atoms with Gasteiger partial charge in [0.05, 0.1) is 6.61 Å². The predicted molar refractivity (Wildman–Crippen MR) is 48.5 cm³/mol. The first-order chi connectivity index (χ1) is 6.23. The van der Waals surface area contributed by atoms with Crippen molar-refractivity contribution < 1.29 is 13.6 Å². The normalized spacial score (nSPS) is 26.2. The zero-order valence-electron chi connectivity index (χ0n) is 7.19. The van der Waals surface area contributed by atoms with Crippen LogP contribution in [-0.2, 0) is 15.7 Å². The fraction of sp³-hybridized carbons (Fsp3) is 0.250. The number of fused-ring (bicyclic) bond motifs is 1. The summed E-state index contributed by atoms with van der Waals surface area (Å²) in [5, 5.41) is 2.53. The number of hydrogen-bond acceptors (Lipinski definition) is 3. The molecule has 2 rings (SSSR count). The summed E-state index contributed by atoms with van der Waals surface area (Å²) in [5.74, 6) is 0.631. The minimum atomic E-state index is -3.08. The molecule has 1 unspecified atom stereocenters. The van der Waals surface area contributed by atoms with Crippen LogP contribution in [0.2, 0.25) is 0 Å². The van der Waals surface area contributed by atoms with E-state index in [-0.39, 0.29) is 0 Å². The summed E-state index contributed by atoms with van der Waals surface area (Å²) in [6.45, 7) is 0.328. The molecule has 1 aromatic rings. The summed E-state index contributed by atoms with van der Waals surface area (Å²) < 4.78 is 21.9. The number of hydrogen-bond donors (Lipinski definition) is 1. The Balaban J connectivity index is 2.35. The van der Waals surface area contributed by atoms with Crippen molar-refractivity contribution in [3.8, 4) is 5.75 Å². The number of nitrogens with one attached hydrogen (secondary N) is 1. The van der Waals surface area contributed by atoms with Crippen LogP contribution >= 0.6 is 7.75 Å². The molecule has 0 radical (unpaired) electrons. The quantitative estimate of drug-likeness (QED) is 0.702. The lowest BCUT2D eigenvalue weighted by Gasteiger charge is -2.24. The first-order valence-electron chi connectivity index (χ1n) is 3.95. The second-order valence-electron chi connectivity index (χ2n) is 2.69. The highest BCUT2D eigenvalue weighted by molar-refractivity contribution is 7.52. The van der Waals surface area contributed by atoms with Gasteiger partial charge in [0.15, 0.2) is 0 Å². The summed E-state index contributed by atoms with van der Waals surface area (Å²) in [6, 6.07) is 7.39. The van der Waals surface area contributed by atoms with Crippen molar-refractivity contribution in [2.45, 2.75) is 6.61 Å². The molecule has 5 heteroatoms. The number of rotatable bonds is 1. The third-order valence-corrected chi connectivity index (χ3v) is 3.31. The van der Waals surface area contributed by atoms with Crippen LogP contribution in [0.1, 0.15) is 5.56 Å². The molecule has 1 aliphatic rings. The average Bonchev–Trinajstić information content (AvgIpc) is 2.18. The Bertz CT molecular complexity index is 366. The zero-order chi connectivity index (χ0) is 9.31. The lowest BCUT2D eigenvalue weighted by atomic mass is 10.2. The minimum Gasteiger partial charge on any atom is -0.413 e. The van der Waals surface area contributed by atoms with Gasteiger partial charge in [-0.15, -0.1) is 0 Å². The second kappa shape index (κ2) is 3.14. The monoisotopic (exact) mass is 199 g/mol. The van der Waals surface area contributed by atoms with Gasteiger partial charge in [-0.2, -0.15) is 0 Å². The molecule has 1 aliphatic heterocycles. The number of benzene rings is 1. The molecule has 0 amide bonds. The van der Waals surface area contributed by atoms with Crippen LogP contribution in [0, 0.1) is 0 Å². The van der Waals surface area contributed by atoms with Crippen molar-refractivity contribution in [3.05, 3.63) is 29.8 Å². The second-order valence-corrected chi connectivity index (χ2v) is 4.58. The summed E-state index contributed by atoms with van der Waals surface area (Å²) in [5.41, 5.74) is 0.921. The Labute approximate surface area is 76.5 Å². The van der Waals surface area contributed by atoms with Crippen LogP contribution in [0.25, 0.3) is 0 Å². The highest BCUT2D eigenvalue weighted by atomic mass is 31.2. The van der Waals surface area contributed by atoms with Crippen LogP contribution in [0.15, 0.2) is 24.3 Å². The van der Waals surface area contributed by atoms with Crippen LogP contribution in [0.5, 0.6) is 5.75 Å². The lowest BCUT2D eigenvalue weighted by molar-refractivity contribution is 0.225. The molecule has 0 spiro atoms. The zero-order valence-corrected chi connectivity index (χ0v) is 8.08. The summed E-state index contributed by atoms with van der Waals surface area (Å²) in [6.07, 6.45) is 0. The maximum atomic E-state index is 11.6. The SMILES string of the molecule is CNP1(=O)OCc2ccccc2O1. The Morgan fingerprint density at radius 1 is 1.46 bits per heavy atom. The molecule has 1 N–H and O–H groups in total. The molecule has 0 saturated heterocycles. The molecule has 1 aromatic carbocycles. The predicted octanol–water partition coefficient (Wildman–Crippen LogP) is 1.92. The van der Waals surface area contributed by atoms with Crippen molar-refractivity contribution in [1.82, 2.24) is 5.09 Å². The van der Waals surface area contributed by atoms with E-state index in [2.05, 4.69) is 5.09 Å². The third kappa shape index (κ3) is 1.61. The molecule has 0 saturated carbocycles. The van der Waals surface area contributed by atoms with Gasteiger partial charge in [0, 0.05) is 5.56 Å². The fourth-order valence-electron chi connectivity index (χ4n) is 1.13. The molecular weight excluding hydrogens is 189 g/mol. The topological polar surface area (TPSA) is 47.6 Å². The van der Waals surface area contributed by atoms with Crippen molar-refractivity contribution in [2.75, 3.05) is 7.05 Å². The standard InChI is InChI=1S/C8H10NO3P/c1-9-13(10)11-6-7-4-2-3-5-8(7)12-13/h2-5H,6H2,1H3,(H,9,10). The van der Waals surface area contributed by atoms with Crippen LogP contribution in [0.3, 0.4) is 0 Å². The first kappa shape index (κ1) is 8.75. The van der Waals surface area contributed by atoms with Gasteiger partial charge >= 0.3 is 7.75 Å². The van der Waals surface area contributed by atoms with E-state index in [1.54, 1.807) is 13.1 Å². The van der Waals surface area contributed by atoms with Gasteiger partial charge in [0.2, 0.25) is 0 Å². The van der Waals surface area contributed by atoms with Crippen molar-refractivity contribution >= 4 is 7.75 Å². The van der Waals surface area contributed by atoms with Gasteiger partial charge in [-0.05, 0) is 13.1 Å². The van der Waals surface area contributed by atoms with E-state index in [4.69, 9.17) is 9.05 Å². The van der Waals surface area contributed by atoms with Crippen molar-refractivity contribution in [3.63, 3.8) is 0 Å². The Morgan fingerprint density at radius 3 is 3.00 bits per heavy atom. The van der Waals surface area contributed by atoms with E-state index in [1.165, 1.54) is 0 Å². The van der Waals surface area contributed by atoms with E-state index >= 15 is 0 Å². The van der Waals surface area contributed by atoms with Gasteiger partial charge in [0.1, 0.15) is 5.75 Å². The molecule has 13 heavy (non-hydrogen) atoms. The lowest BCUT2D eigenvalue weighted by Crippen LogP contribution is -2.16. The summed E-state index contributed by atoms with van der Waals surface area (Å²) in [4.78, 5) is 0. The molecule has 0 aliphatic carbocycles. The molecule has 1 atom stereocenters. The van der Waals surface area contributed by atoms with Gasteiger partial charge in [0.25, 0.3) is 0 Å². The van der Waals surface area contributed by atoms with E-state index in [0.29, 0.717) is 12.4 Å². The first-order valence-corrected chi connectivity index (χ1v) is 5.49.